The lowest BCUT2D eigenvalue weighted by Gasteiger charge is -1.95. The number of hydrogen-bond donors (Lipinski definition) is 0. The van der Waals surface area contributed by atoms with Gasteiger partial charge in [0.2, 0.25) is 0 Å². The minimum Gasteiger partial charge on any atom is -0.304 e. The minimum atomic E-state index is 0.650. The van der Waals surface area contributed by atoms with Crippen LogP contribution in [-0.2, 0) is 0 Å². The van der Waals surface area contributed by atoms with E-state index in [-0.39, 0.29) is 0 Å². The fourth-order valence-electron chi connectivity index (χ4n) is 1.35. The predicted molar refractivity (Wildman–Crippen MR) is 49.4 cm³/mol. The lowest BCUT2D eigenvalue weighted by Crippen LogP contribution is -1.87. The van der Waals surface area contributed by atoms with Crippen LogP contribution in [-0.4, -0.2) is 9.38 Å². The van der Waals surface area contributed by atoms with Crippen LogP contribution >= 0.6 is 0 Å². The molecule has 2 aromatic heterocycles. The van der Waals surface area contributed by atoms with Gasteiger partial charge in [-0.3, -0.25) is 0 Å². The lowest BCUT2D eigenvalue weighted by atomic mass is 10.3. The Balaban J connectivity index is 2.82. The van der Waals surface area contributed by atoms with E-state index in [0.29, 0.717) is 5.56 Å². The monoisotopic (exact) mass is 171 g/mol. The third kappa shape index (κ3) is 1.07. The third-order valence-electron chi connectivity index (χ3n) is 2.23. The molecule has 13 heavy (non-hydrogen) atoms. The largest absolute Gasteiger partial charge is 0.304 e. The average molecular weight is 171 g/mol. The first kappa shape index (κ1) is 7.81. The van der Waals surface area contributed by atoms with E-state index in [1.54, 1.807) is 12.1 Å². The summed E-state index contributed by atoms with van der Waals surface area (Å²) >= 11 is 0. The molecule has 2 rings (SSSR count). The van der Waals surface area contributed by atoms with E-state index in [4.69, 9.17) is 5.26 Å². The smallest absolute Gasteiger partial charge is 0.138 e. The molecular weight excluding hydrogens is 162 g/mol. The van der Waals surface area contributed by atoms with Crippen LogP contribution in [0, 0.1) is 25.2 Å². The van der Waals surface area contributed by atoms with Crippen LogP contribution in [0.25, 0.3) is 5.65 Å². The number of pyridine rings is 1. The fraction of sp³-hybridized carbons (Fsp3) is 0.200. The van der Waals surface area contributed by atoms with E-state index in [9.17, 15) is 0 Å². The number of imidazole rings is 1. The van der Waals surface area contributed by atoms with Gasteiger partial charge in [0, 0.05) is 11.9 Å². The van der Waals surface area contributed by atoms with Gasteiger partial charge in [-0.05, 0) is 26.0 Å². The molecule has 64 valence electrons. The molecule has 0 aliphatic rings. The Bertz CT molecular complexity index is 503. The summed E-state index contributed by atoms with van der Waals surface area (Å²) in [6.07, 6.45) is 1.88. The van der Waals surface area contributed by atoms with Gasteiger partial charge in [-0.25, -0.2) is 4.98 Å². The fourth-order valence-corrected chi connectivity index (χ4v) is 1.35. The Labute approximate surface area is 76.3 Å². The van der Waals surface area contributed by atoms with E-state index in [1.807, 2.05) is 24.4 Å². The summed E-state index contributed by atoms with van der Waals surface area (Å²) in [5.41, 5.74) is 3.63. The number of rotatable bonds is 0. The molecule has 3 nitrogen and oxygen atoms in total. The van der Waals surface area contributed by atoms with Gasteiger partial charge in [0.1, 0.15) is 5.65 Å². The highest BCUT2D eigenvalue weighted by Crippen LogP contribution is 2.11. The van der Waals surface area contributed by atoms with Crippen molar-refractivity contribution in [3.8, 4) is 6.07 Å². The second-order valence-corrected chi connectivity index (χ2v) is 3.04. The Kier molecular flexibility index (Phi) is 1.56. The molecule has 0 aliphatic carbocycles. The molecule has 0 N–H and O–H groups in total. The van der Waals surface area contributed by atoms with Crippen molar-refractivity contribution in [1.82, 2.24) is 9.38 Å². The quantitative estimate of drug-likeness (QED) is 0.606. The summed E-state index contributed by atoms with van der Waals surface area (Å²) in [4.78, 5) is 4.33. The number of aromatic nitrogens is 2. The van der Waals surface area contributed by atoms with E-state index in [1.165, 1.54) is 0 Å². The van der Waals surface area contributed by atoms with Gasteiger partial charge in [0.15, 0.2) is 0 Å². The molecule has 2 aromatic rings. The van der Waals surface area contributed by atoms with Gasteiger partial charge >= 0.3 is 0 Å². The Morgan fingerprint density at radius 1 is 1.46 bits per heavy atom. The van der Waals surface area contributed by atoms with Gasteiger partial charge in [-0.2, -0.15) is 5.26 Å². The zero-order valence-corrected chi connectivity index (χ0v) is 7.57. The maximum absolute atomic E-state index is 8.69. The molecule has 2 heterocycles. The second-order valence-electron chi connectivity index (χ2n) is 3.04. The van der Waals surface area contributed by atoms with E-state index >= 15 is 0 Å². The third-order valence-corrected chi connectivity index (χ3v) is 2.23. The van der Waals surface area contributed by atoms with Gasteiger partial charge < -0.3 is 4.40 Å². The molecule has 0 saturated heterocycles. The molecule has 0 unspecified atom stereocenters. The molecule has 0 fully saturated rings. The molecule has 3 heteroatoms. The number of hydrogen-bond acceptors (Lipinski definition) is 2. The van der Waals surface area contributed by atoms with E-state index < -0.39 is 0 Å². The highest BCUT2D eigenvalue weighted by Gasteiger charge is 2.03. The molecule has 0 saturated carbocycles. The van der Waals surface area contributed by atoms with Gasteiger partial charge in [-0.1, -0.05) is 0 Å². The molecule has 0 bridgehead atoms. The van der Waals surface area contributed by atoms with E-state index in [2.05, 4.69) is 11.1 Å². The molecule has 0 aromatic carbocycles. The van der Waals surface area contributed by atoms with Crippen LogP contribution < -0.4 is 0 Å². The van der Waals surface area contributed by atoms with Crippen LogP contribution in [0.3, 0.4) is 0 Å². The molecule has 0 spiro atoms. The van der Waals surface area contributed by atoms with Crippen molar-refractivity contribution < 1.29 is 0 Å². The van der Waals surface area contributed by atoms with Crippen molar-refractivity contribution in [1.29, 1.82) is 5.26 Å². The number of fused-ring (bicyclic) bond motifs is 1. The zero-order chi connectivity index (χ0) is 9.42. The highest BCUT2D eigenvalue weighted by molar-refractivity contribution is 5.48. The normalized spacial score (nSPS) is 10.2. The summed E-state index contributed by atoms with van der Waals surface area (Å²) in [6.45, 7) is 3.98. The van der Waals surface area contributed by atoms with Gasteiger partial charge in [0.25, 0.3) is 0 Å². The van der Waals surface area contributed by atoms with Crippen LogP contribution in [0.15, 0.2) is 18.3 Å². The van der Waals surface area contributed by atoms with Gasteiger partial charge in [-0.15, -0.1) is 0 Å². The highest BCUT2D eigenvalue weighted by atomic mass is 15.0. The summed E-state index contributed by atoms with van der Waals surface area (Å²) in [5, 5.41) is 8.69. The van der Waals surface area contributed by atoms with Gasteiger partial charge in [0.05, 0.1) is 17.3 Å². The number of nitriles is 1. The Morgan fingerprint density at radius 3 is 2.92 bits per heavy atom. The summed E-state index contributed by atoms with van der Waals surface area (Å²) in [6, 6.07) is 5.68. The predicted octanol–water partition coefficient (Wildman–Crippen LogP) is 1.82. The van der Waals surface area contributed by atoms with Crippen molar-refractivity contribution in [3.63, 3.8) is 0 Å². The molecular formula is C10H9N3. The van der Waals surface area contributed by atoms with Crippen LogP contribution in [0.4, 0.5) is 0 Å². The van der Waals surface area contributed by atoms with Crippen molar-refractivity contribution in [2.24, 2.45) is 0 Å². The van der Waals surface area contributed by atoms with Crippen molar-refractivity contribution in [2.75, 3.05) is 0 Å². The summed E-state index contributed by atoms with van der Waals surface area (Å²) < 4.78 is 1.98. The first-order chi connectivity index (χ1) is 6.22. The summed E-state index contributed by atoms with van der Waals surface area (Å²) in [7, 11) is 0. The first-order valence-electron chi connectivity index (χ1n) is 4.08. The van der Waals surface area contributed by atoms with E-state index in [0.717, 1.165) is 17.0 Å². The average Bonchev–Trinajstić information content (AvgIpc) is 2.42. The van der Waals surface area contributed by atoms with Crippen molar-refractivity contribution >= 4 is 5.65 Å². The minimum absolute atomic E-state index is 0.650. The van der Waals surface area contributed by atoms with Crippen molar-refractivity contribution in [2.45, 2.75) is 13.8 Å². The van der Waals surface area contributed by atoms with Crippen LogP contribution in [0.5, 0.6) is 0 Å². The zero-order valence-electron chi connectivity index (χ0n) is 7.57. The molecule has 0 aliphatic heterocycles. The molecule has 0 radical (unpaired) electrons. The lowest BCUT2D eigenvalue weighted by molar-refractivity contribution is 1.09. The molecule has 0 amide bonds. The maximum Gasteiger partial charge on any atom is 0.138 e. The first-order valence-corrected chi connectivity index (χ1v) is 4.08. The number of aryl methyl sites for hydroxylation is 2. The topological polar surface area (TPSA) is 41.1 Å². The Morgan fingerprint density at radius 2 is 2.23 bits per heavy atom. The SMILES string of the molecule is Cc1nc2cc(C#N)ccn2c1C. The van der Waals surface area contributed by atoms with Crippen molar-refractivity contribution in [3.05, 3.63) is 35.3 Å². The standard InChI is InChI=1S/C10H9N3/c1-7-8(2)13-4-3-9(6-11)5-10(13)12-7/h3-5H,1-2H3. The van der Waals surface area contributed by atoms with Crippen LogP contribution in [0.1, 0.15) is 17.0 Å². The summed E-state index contributed by atoms with van der Waals surface area (Å²) in [5.74, 6) is 0. The molecule has 0 atom stereocenters. The maximum atomic E-state index is 8.69. The second kappa shape index (κ2) is 2.60. The Hall–Kier alpha value is -1.82. The number of nitrogens with zero attached hydrogens (tertiary/aromatic N) is 3. The van der Waals surface area contributed by atoms with Crippen LogP contribution in [0.2, 0.25) is 0 Å².